The van der Waals surface area contributed by atoms with Gasteiger partial charge in [-0.05, 0) is 19.1 Å². The van der Waals surface area contributed by atoms with Gasteiger partial charge in [-0.2, -0.15) is 12.6 Å². The van der Waals surface area contributed by atoms with Crippen molar-refractivity contribution in [1.29, 1.82) is 0 Å². The Labute approximate surface area is 78.3 Å². The van der Waals surface area contributed by atoms with Crippen LogP contribution in [0.15, 0.2) is 4.99 Å². The van der Waals surface area contributed by atoms with Crippen LogP contribution in [0.5, 0.6) is 0 Å². The second-order valence-electron chi connectivity index (χ2n) is 2.51. The fourth-order valence-electron chi connectivity index (χ4n) is 0.686. The summed E-state index contributed by atoms with van der Waals surface area (Å²) in [6.07, 6.45) is 4.69. The molecule has 1 atom stereocenters. The molecule has 0 bridgehead atoms. The minimum Gasteiger partial charge on any atom is -0.480 e. The largest absolute Gasteiger partial charge is 0.480 e. The maximum Gasteiger partial charge on any atom is 0.329 e. The predicted molar refractivity (Wildman–Crippen MR) is 53.3 cm³/mol. The van der Waals surface area contributed by atoms with Gasteiger partial charge in [0.15, 0.2) is 6.04 Å². The lowest BCUT2D eigenvalue weighted by atomic mass is 10.3. The molecule has 0 aromatic carbocycles. The number of carboxylic acids is 1. The van der Waals surface area contributed by atoms with E-state index in [0.717, 1.165) is 19.3 Å². The van der Waals surface area contributed by atoms with E-state index >= 15 is 0 Å². The Morgan fingerprint density at radius 1 is 1.75 bits per heavy atom. The summed E-state index contributed by atoms with van der Waals surface area (Å²) in [5, 5.41) is 8.57. The highest BCUT2D eigenvalue weighted by atomic mass is 32.1. The Balaban J connectivity index is 3.69. The summed E-state index contributed by atoms with van der Waals surface area (Å²) in [6, 6.07) is -0.676. The number of carboxylic acid groups (broad SMARTS) is 1. The van der Waals surface area contributed by atoms with Crippen LogP contribution in [0, 0.1) is 0 Å². The van der Waals surface area contributed by atoms with Crippen molar-refractivity contribution in [2.45, 2.75) is 32.2 Å². The molecule has 0 spiro atoms. The number of aliphatic imine (C=N–C) groups is 1. The normalized spacial score (nSPS) is 13.5. The Morgan fingerprint density at radius 3 is 2.83 bits per heavy atom. The molecule has 0 aliphatic rings. The number of unbranched alkanes of at least 4 members (excludes halogenated alkanes) is 2. The molecule has 0 amide bonds. The Morgan fingerprint density at radius 2 is 2.42 bits per heavy atom. The third-order valence-corrected chi connectivity index (χ3v) is 1.78. The van der Waals surface area contributed by atoms with Gasteiger partial charge < -0.3 is 5.11 Å². The first-order valence-corrected chi connectivity index (χ1v) is 4.71. The summed E-state index contributed by atoms with van der Waals surface area (Å²) in [5.41, 5.74) is 0. The highest BCUT2D eigenvalue weighted by Gasteiger charge is 2.11. The molecule has 0 heterocycles. The molecule has 0 rings (SSSR count). The molecule has 0 saturated carbocycles. The van der Waals surface area contributed by atoms with E-state index in [0.29, 0.717) is 0 Å². The van der Waals surface area contributed by atoms with Crippen molar-refractivity contribution in [1.82, 2.24) is 0 Å². The van der Waals surface area contributed by atoms with Gasteiger partial charge >= 0.3 is 5.97 Å². The third kappa shape index (κ3) is 5.18. The molecular formula is C8H15NO2S. The molecule has 0 unspecified atom stereocenters. The first-order valence-electron chi connectivity index (χ1n) is 4.07. The smallest absolute Gasteiger partial charge is 0.329 e. The van der Waals surface area contributed by atoms with Gasteiger partial charge in [0, 0.05) is 5.75 Å². The molecule has 3 nitrogen and oxygen atoms in total. The standard InChI is InChI=1S/C8H15NO2S/c1-2-3-4-5-9-7(6-12)8(10)11/h5,7,12H,2-4,6H2,1H3,(H,10,11)/t7-/m0/s1. The van der Waals surface area contributed by atoms with Gasteiger partial charge in [-0.1, -0.05) is 13.3 Å². The first kappa shape index (κ1) is 11.5. The minimum absolute atomic E-state index is 0.262. The van der Waals surface area contributed by atoms with Crippen LogP contribution in [-0.4, -0.2) is 29.1 Å². The monoisotopic (exact) mass is 189 g/mol. The lowest BCUT2D eigenvalue weighted by molar-refractivity contribution is -0.137. The van der Waals surface area contributed by atoms with Crippen LogP contribution in [-0.2, 0) is 4.79 Å². The van der Waals surface area contributed by atoms with Gasteiger partial charge in [0.1, 0.15) is 0 Å². The molecule has 0 aromatic heterocycles. The second kappa shape index (κ2) is 7.16. The Hall–Kier alpha value is -0.510. The Kier molecular flexibility index (Phi) is 6.85. The zero-order chi connectivity index (χ0) is 9.40. The van der Waals surface area contributed by atoms with Crippen molar-refractivity contribution in [3.05, 3.63) is 0 Å². The predicted octanol–water partition coefficient (Wildman–Crippen LogP) is 1.63. The number of nitrogens with zero attached hydrogens (tertiary/aromatic N) is 1. The van der Waals surface area contributed by atoms with Gasteiger partial charge in [0.25, 0.3) is 0 Å². The van der Waals surface area contributed by atoms with E-state index in [2.05, 4.69) is 24.5 Å². The molecule has 0 radical (unpaired) electrons. The molecule has 1 N–H and O–H groups in total. The van der Waals surface area contributed by atoms with Gasteiger partial charge in [-0.15, -0.1) is 0 Å². The van der Waals surface area contributed by atoms with Crippen molar-refractivity contribution in [3.63, 3.8) is 0 Å². The molecule has 4 heteroatoms. The van der Waals surface area contributed by atoms with Crippen LogP contribution in [0.2, 0.25) is 0 Å². The number of rotatable bonds is 6. The second-order valence-corrected chi connectivity index (χ2v) is 2.88. The zero-order valence-electron chi connectivity index (χ0n) is 7.23. The number of thiol groups is 1. The highest BCUT2D eigenvalue weighted by Crippen LogP contribution is 1.96. The van der Waals surface area contributed by atoms with E-state index in [-0.39, 0.29) is 5.75 Å². The summed E-state index contributed by atoms with van der Waals surface area (Å²) in [6.45, 7) is 2.08. The van der Waals surface area contributed by atoms with Crippen LogP contribution in [0.25, 0.3) is 0 Å². The first-order chi connectivity index (χ1) is 5.72. The summed E-state index contributed by atoms with van der Waals surface area (Å²) < 4.78 is 0. The SMILES string of the molecule is CCCCC=N[C@@H](CS)C(=O)O. The van der Waals surface area contributed by atoms with Crippen molar-refractivity contribution < 1.29 is 9.90 Å². The number of hydrogen-bond acceptors (Lipinski definition) is 3. The molecule has 0 fully saturated rings. The van der Waals surface area contributed by atoms with Gasteiger partial charge in [-0.3, -0.25) is 4.99 Å². The quantitative estimate of drug-likeness (QED) is 0.379. The van der Waals surface area contributed by atoms with E-state index in [1.807, 2.05) is 0 Å². The van der Waals surface area contributed by atoms with Crippen LogP contribution in [0.1, 0.15) is 26.2 Å². The fraction of sp³-hybridized carbons (Fsp3) is 0.750. The van der Waals surface area contributed by atoms with Crippen molar-refractivity contribution in [2.24, 2.45) is 4.99 Å². The van der Waals surface area contributed by atoms with E-state index < -0.39 is 12.0 Å². The molecule has 12 heavy (non-hydrogen) atoms. The number of aliphatic carboxylic acids is 1. The van der Waals surface area contributed by atoms with Crippen molar-refractivity contribution >= 4 is 24.8 Å². The lowest BCUT2D eigenvalue weighted by Gasteiger charge is -2.01. The molecule has 0 saturated heterocycles. The molecule has 0 aliphatic carbocycles. The van der Waals surface area contributed by atoms with Crippen LogP contribution in [0.3, 0.4) is 0 Å². The Bertz CT molecular complexity index is 159. The van der Waals surface area contributed by atoms with Crippen molar-refractivity contribution in [3.8, 4) is 0 Å². The maximum absolute atomic E-state index is 10.4. The molecule has 0 aromatic rings. The van der Waals surface area contributed by atoms with Crippen molar-refractivity contribution in [2.75, 3.05) is 5.75 Å². The topological polar surface area (TPSA) is 49.7 Å². The highest BCUT2D eigenvalue weighted by molar-refractivity contribution is 7.80. The summed E-state index contributed by atoms with van der Waals surface area (Å²) in [4.78, 5) is 14.3. The minimum atomic E-state index is -0.905. The van der Waals surface area contributed by atoms with E-state index in [9.17, 15) is 4.79 Å². The zero-order valence-corrected chi connectivity index (χ0v) is 8.13. The van der Waals surface area contributed by atoms with Crippen LogP contribution < -0.4 is 0 Å². The van der Waals surface area contributed by atoms with E-state index in [1.165, 1.54) is 0 Å². The summed E-state index contributed by atoms with van der Waals surface area (Å²) in [5.74, 6) is -0.643. The van der Waals surface area contributed by atoms with Gasteiger partial charge in [0.05, 0.1) is 0 Å². The van der Waals surface area contributed by atoms with Crippen LogP contribution in [0.4, 0.5) is 0 Å². The molecule has 70 valence electrons. The fourth-order valence-corrected chi connectivity index (χ4v) is 0.937. The van der Waals surface area contributed by atoms with E-state index in [4.69, 9.17) is 5.11 Å². The molecular weight excluding hydrogens is 174 g/mol. The average Bonchev–Trinajstić information content (AvgIpc) is 2.04. The van der Waals surface area contributed by atoms with Gasteiger partial charge in [-0.25, -0.2) is 4.79 Å². The summed E-state index contributed by atoms with van der Waals surface area (Å²) >= 11 is 3.89. The average molecular weight is 189 g/mol. The number of carbonyl (C=O) groups is 1. The number of hydrogen-bond donors (Lipinski definition) is 2. The molecule has 0 aliphatic heterocycles. The van der Waals surface area contributed by atoms with E-state index in [1.54, 1.807) is 6.21 Å². The van der Waals surface area contributed by atoms with Gasteiger partial charge in [0.2, 0.25) is 0 Å². The lowest BCUT2D eigenvalue weighted by Crippen LogP contribution is -2.19. The summed E-state index contributed by atoms with van der Waals surface area (Å²) in [7, 11) is 0. The maximum atomic E-state index is 10.4. The van der Waals surface area contributed by atoms with Crippen LogP contribution >= 0.6 is 12.6 Å². The third-order valence-electron chi connectivity index (χ3n) is 1.43.